The first kappa shape index (κ1) is 16.7. The first-order valence-electron chi connectivity index (χ1n) is 8.77. The minimum atomic E-state index is -0.482. The molecule has 0 saturated heterocycles. The molecule has 0 aliphatic carbocycles. The lowest BCUT2D eigenvalue weighted by Crippen LogP contribution is -2.44. The van der Waals surface area contributed by atoms with Gasteiger partial charge in [-0.25, -0.2) is 4.98 Å². The molecule has 1 aromatic heterocycles. The highest BCUT2D eigenvalue weighted by atomic mass is 16.2. The van der Waals surface area contributed by atoms with Gasteiger partial charge in [0.2, 0.25) is 5.91 Å². The second-order valence-corrected chi connectivity index (χ2v) is 6.62. The number of carbonyl (C=O) groups excluding carboxylic acids is 1. The maximum Gasteiger partial charge on any atom is 0.244 e. The van der Waals surface area contributed by atoms with E-state index >= 15 is 0 Å². The van der Waals surface area contributed by atoms with E-state index < -0.39 is 6.04 Å². The van der Waals surface area contributed by atoms with Crippen LogP contribution in [0.15, 0.2) is 24.4 Å². The Bertz CT molecular complexity index is 737. The van der Waals surface area contributed by atoms with Crippen LogP contribution in [0.5, 0.6) is 0 Å². The van der Waals surface area contributed by atoms with E-state index in [0.717, 1.165) is 36.5 Å². The molecule has 2 unspecified atom stereocenters. The number of aromatic amines is 1. The molecule has 0 fully saturated rings. The number of carbonyl (C=O) groups is 1. The van der Waals surface area contributed by atoms with Crippen LogP contribution in [0.3, 0.4) is 0 Å². The molecule has 1 amide bonds. The highest BCUT2D eigenvalue weighted by molar-refractivity contribution is 5.99. The van der Waals surface area contributed by atoms with Gasteiger partial charge in [-0.05, 0) is 31.4 Å². The van der Waals surface area contributed by atoms with Gasteiger partial charge in [0.15, 0.2) is 0 Å². The van der Waals surface area contributed by atoms with Crippen LogP contribution in [-0.4, -0.2) is 21.9 Å². The zero-order valence-corrected chi connectivity index (χ0v) is 14.7. The topological polar surface area (TPSA) is 75.0 Å². The van der Waals surface area contributed by atoms with Crippen molar-refractivity contribution in [3.63, 3.8) is 0 Å². The number of fused-ring (bicyclic) bond motifs is 1. The molecule has 5 heteroatoms. The Balaban J connectivity index is 1.99. The molecule has 5 nitrogen and oxygen atoms in total. The monoisotopic (exact) mass is 326 g/mol. The van der Waals surface area contributed by atoms with Crippen LogP contribution in [-0.2, 0) is 17.6 Å². The van der Waals surface area contributed by atoms with E-state index in [0.29, 0.717) is 6.42 Å². The number of hydrogen-bond donors (Lipinski definition) is 2. The molecule has 3 N–H and O–H groups in total. The fraction of sp³-hybridized carbons (Fsp3) is 0.474. The number of rotatable bonds is 5. The molecule has 1 aliphatic rings. The van der Waals surface area contributed by atoms with Crippen molar-refractivity contribution < 1.29 is 4.79 Å². The minimum Gasteiger partial charge on any atom is -0.344 e. The highest BCUT2D eigenvalue weighted by Gasteiger charge is 2.38. The van der Waals surface area contributed by atoms with Gasteiger partial charge in [0.05, 0.1) is 12.1 Å². The van der Waals surface area contributed by atoms with Crippen molar-refractivity contribution in [3.8, 4) is 0 Å². The Labute approximate surface area is 143 Å². The lowest BCUT2D eigenvalue weighted by atomic mass is 10.1. The number of imidazole rings is 1. The van der Waals surface area contributed by atoms with Gasteiger partial charge in [-0.2, -0.15) is 0 Å². The van der Waals surface area contributed by atoms with Gasteiger partial charge in [-0.1, -0.05) is 38.0 Å². The molecular weight excluding hydrogens is 300 g/mol. The van der Waals surface area contributed by atoms with Gasteiger partial charge in [0, 0.05) is 24.0 Å². The van der Waals surface area contributed by atoms with Crippen LogP contribution in [0.25, 0.3) is 0 Å². The zero-order valence-electron chi connectivity index (χ0n) is 14.7. The minimum absolute atomic E-state index is 0.0291. The van der Waals surface area contributed by atoms with E-state index in [4.69, 9.17) is 5.73 Å². The Morgan fingerprint density at radius 3 is 2.96 bits per heavy atom. The Morgan fingerprint density at radius 2 is 2.25 bits per heavy atom. The Kier molecular flexibility index (Phi) is 4.71. The van der Waals surface area contributed by atoms with E-state index in [1.54, 1.807) is 0 Å². The Hall–Kier alpha value is -2.14. The normalized spacial score (nSPS) is 17.8. The van der Waals surface area contributed by atoms with Gasteiger partial charge in [-0.3, -0.25) is 9.69 Å². The summed E-state index contributed by atoms with van der Waals surface area (Å²) in [6, 6.07) is 5.65. The van der Waals surface area contributed by atoms with E-state index in [-0.39, 0.29) is 11.9 Å². The zero-order chi connectivity index (χ0) is 17.3. The molecule has 2 atom stereocenters. The van der Waals surface area contributed by atoms with Crippen LogP contribution < -0.4 is 10.6 Å². The number of hydrogen-bond acceptors (Lipinski definition) is 3. The predicted molar refractivity (Wildman–Crippen MR) is 96.0 cm³/mol. The van der Waals surface area contributed by atoms with Crippen LogP contribution in [0, 0.1) is 6.92 Å². The van der Waals surface area contributed by atoms with Crippen molar-refractivity contribution in [1.82, 2.24) is 9.97 Å². The molecule has 1 aromatic carbocycles. The molecular formula is C19H26N4O. The smallest absolute Gasteiger partial charge is 0.244 e. The molecule has 0 bridgehead atoms. The van der Waals surface area contributed by atoms with Crippen molar-refractivity contribution in [2.45, 2.75) is 58.5 Å². The van der Waals surface area contributed by atoms with Crippen molar-refractivity contribution in [2.24, 2.45) is 5.73 Å². The van der Waals surface area contributed by atoms with E-state index in [9.17, 15) is 4.79 Å². The van der Waals surface area contributed by atoms with Crippen molar-refractivity contribution >= 4 is 11.6 Å². The third-order valence-electron chi connectivity index (χ3n) is 4.70. The average molecular weight is 326 g/mol. The van der Waals surface area contributed by atoms with E-state index in [2.05, 4.69) is 29.9 Å². The summed E-state index contributed by atoms with van der Waals surface area (Å²) in [4.78, 5) is 22.7. The van der Waals surface area contributed by atoms with Gasteiger partial charge in [-0.15, -0.1) is 0 Å². The number of anilines is 1. The summed E-state index contributed by atoms with van der Waals surface area (Å²) < 4.78 is 0. The lowest BCUT2D eigenvalue weighted by Gasteiger charge is -2.26. The summed E-state index contributed by atoms with van der Waals surface area (Å²) >= 11 is 0. The van der Waals surface area contributed by atoms with Crippen LogP contribution in [0.2, 0.25) is 0 Å². The molecule has 24 heavy (non-hydrogen) atoms. The molecule has 0 saturated carbocycles. The SMILES string of the molecule is CCCc1cnc(C2Cc3cc(C)ccc3N2C(=O)C(N)CC)[nH]1. The summed E-state index contributed by atoms with van der Waals surface area (Å²) in [5, 5.41) is 0. The highest BCUT2D eigenvalue weighted by Crippen LogP contribution is 2.40. The van der Waals surface area contributed by atoms with E-state index in [1.165, 1.54) is 11.1 Å². The number of aromatic nitrogens is 2. The van der Waals surface area contributed by atoms with Gasteiger partial charge in [0.25, 0.3) is 0 Å². The van der Waals surface area contributed by atoms with Gasteiger partial charge < -0.3 is 10.7 Å². The van der Waals surface area contributed by atoms with E-state index in [1.807, 2.05) is 30.2 Å². The predicted octanol–water partition coefficient (Wildman–Crippen LogP) is 3.04. The molecule has 2 heterocycles. The number of nitrogens with two attached hydrogens (primary N) is 1. The lowest BCUT2D eigenvalue weighted by molar-refractivity contribution is -0.120. The van der Waals surface area contributed by atoms with Crippen molar-refractivity contribution in [2.75, 3.05) is 4.90 Å². The molecule has 2 aromatic rings. The molecule has 128 valence electrons. The maximum atomic E-state index is 12.9. The van der Waals surface area contributed by atoms with Crippen molar-refractivity contribution in [3.05, 3.63) is 47.0 Å². The fourth-order valence-corrected chi connectivity index (χ4v) is 3.37. The number of aryl methyl sites for hydroxylation is 2. The fourth-order valence-electron chi connectivity index (χ4n) is 3.37. The molecule has 3 rings (SSSR count). The average Bonchev–Trinajstić information content (AvgIpc) is 3.17. The number of benzene rings is 1. The first-order chi connectivity index (χ1) is 11.5. The number of amides is 1. The van der Waals surface area contributed by atoms with Crippen LogP contribution in [0.1, 0.15) is 55.4 Å². The molecule has 1 aliphatic heterocycles. The largest absolute Gasteiger partial charge is 0.344 e. The number of nitrogens with one attached hydrogen (secondary N) is 1. The van der Waals surface area contributed by atoms with Crippen molar-refractivity contribution in [1.29, 1.82) is 0 Å². The van der Waals surface area contributed by atoms with Crippen LogP contribution >= 0.6 is 0 Å². The van der Waals surface area contributed by atoms with Gasteiger partial charge in [0.1, 0.15) is 5.82 Å². The molecule has 0 radical (unpaired) electrons. The third-order valence-corrected chi connectivity index (χ3v) is 4.70. The maximum absolute atomic E-state index is 12.9. The molecule has 0 spiro atoms. The van der Waals surface area contributed by atoms with Crippen LogP contribution in [0.4, 0.5) is 5.69 Å². The second kappa shape index (κ2) is 6.77. The summed E-state index contributed by atoms with van der Waals surface area (Å²) in [6.45, 7) is 6.16. The third kappa shape index (κ3) is 2.96. The van der Waals surface area contributed by atoms with Gasteiger partial charge >= 0.3 is 0 Å². The summed E-state index contributed by atoms with van der Waals surface area (Å²) in [7, 11) is 0. The summed E-state index contributed by atoms with van der Waals surface area (Å²) in [5.41, 5.74) is 10.5. The first-order valence-corrected chi connectivity index (χ1v) is 8.77. The number of H-pyrrole nitrogens is 1. The summed E-state index contributed by atoms with van der Waals surface area (Å²) in [5.74, 6) is 0.822. The second-order valence-electron chi connectivity index (χ2n) is 6.62. The number of nitrogens with zero attached hydrogens (tertiary/aromatic N) is 2. The summed E-state index contributed by atoms with van der Waals surface area (Å²) in [6.07, 6.45) is 5.32. The standard InChI is InChI=1S/C19H26N4O/c1-4-6-14-11-21-18(22-14)17-10-13-9-12(3)7-8-16(13)23(17)19(24)15(20)5-2/h7-9,11,15,17H,4-6,10,20H2,1-3H3,(H,21,22). The quantitative estimate of drug-likeness (QED) is 0.887. The Morgan fingerprint density at radius 1 is 1.46 bits per heavy atom.